The molecule has 0 heterocycles. The van der Waals surface area contributed by atoms with Gasteiger partial charge in [-0.3, -0.25) is 4.79 Å². The number of carbonyl (C=O) groups is 1. The molecule has 104 valence electrons. The van der Waals surface area contributed by atoms with E-state index in [9.17, 15) is 9.18 Å². The van der Waals surface area contributed by atoms with Crippen molar-refractivity contribution < 1.29 is 9.18 Å². The summed E-state index contributed by atoms with van der Waals surface area (Å²) < 4.78 is 12.8. The summed E-state index contributed by atoms with van der Waals surface area (Å²) >= 11 is 0. The quantitative estimate of drug-likeness (QED) is 0.730. The zero-order chi connectivity index (χ0) is 14.5. The van der Waals surface area contributed by atoms with Crippen molar-refractivity contribution in [3.63, 3.8) is 0 Å². The maximum Gasteiger partial charge on any atom is 0.250 e. The molecular weight excluding hydrogens is 257 g/mol. The number of nitrogens with two attached hydrogens (primary N) is 2. The van der Waals surface area contributed by atoms with Gasteiger partial charge in [-0.2, -0.15) is 0 Å². The van der Waals surface area contributed by atoms with Crippen LogP contribution in [0.25, 0.3) is 0 Å². The largest absolute Gasteiger partial charge is 0.396 e. The Hall–Kier alpha value is -2.56. The van der Waals surface area contributed by atoms with Crippen molar-refractivity contribution in [2.45, 2.75) is 6.42 Å². The molecule has 2 rings (SSSR count). The van der Waals surface area contributed by atoms with Crippen LogP contribution in [-0.4, -0.2) is 12.5 Å². The van der Waals surface area contributed by atoms with Gasteiger partial charge in [0.05, 0.1) is 16.9 Å². The maximum absolute atomic E-state index is 12.8. The number of nitrogen functional groups attached to an aromatic ring is 1. The van der Waals surface area contributed by atoms with E-state index < -0.39 is 5.91 Å². The third-order valence-electron chi connectivity index (χ3n) is 3.01. The second kappa shape index (κ2) is 6.06. The lowest BCUT2D eigenvalue weighted by molar-refractivity contribution is 0.100. The van der Waals surface area contributed by atoms with Gasteiger partial charge in [-0.25, -0.2) is 4.39 Å². The summed E-state index contributed by atoms with van der Waals surface area (Å²) in [6.45, 7) is 0.623. The van der Waals surface area contributed by atoms with Crippen molar-refractivity contribution >= 4 is 17.3 Å². The van der Waals surface area contributed by atoms with Gasteiger partial charge in [0.25, 0.3) is 5.91 Å². The molecule has 2 aromatic carbocycles. The smallest absolute Gasteiger partial charge is 0.250 e. The van der Waals surface area contributed by atoms with Crippen molar-refractivity contribution in [2.75, 3.05) is 17.6 Å². The minimum absolute atomic E-state index is 0.250. The number of nitrogens with one attached hydrogen (secondary N) is 1. The average molecular weight is 273 g/mol. The molecule has 2 aromatic rings. The van der Waals surface area contributed by atoms with E-state index in [-0.39, 0.29) is 5.82 Å². The van der Waals surface area contributed by atoms with Gasteiger partial charge in [0, 0.05) is 6.54 Å². The summed E-state index contributed by atoms with van der Waals surface area (Å²) in [5.74, 6) is -0.801. The van der Waals surface area contributed by atoms with Gasteiger partial charge in [-0.1, -0.05) is 18.2 Å². The van der Waals surface area contributed by atoms with Gasteiger partial charge in [0.1, 0.15) is 5.82 Å². The minimum atomic E-state index is -0.551. The third kappa shape index (κ3) is 3.26. The lowest BCUT2D eigenvalue weighted by Crippen LogP contribution is -2.15. The summed E-state index contributed by atoms with van der Waals surface area (Å²) in [6, 6.07) is 11.4. The summed E-state index contributed by atoms with van der Waals surface area (Å²) in [7, 11) is 0. The predicted octanol–water partition coefficient (Wildman–Crippen LogP) is 2.16. The molecule has 0 unspecified atom stereocenters. The zero-order valence-electron chi connectivity index (χ0n) is 10.9. The average Bonchev–Trinajstić information content (AvgIpc) is 2.42. The fourth-order valence-corrected chi connectivity index (χ4v) is 1.93. The second-order valence-corrected chi connectivity index (χ2v) is 4.43. The first kappa shape index (κ1) is 13.9. The number of primary amides is 1. The summed E-state index contributed by atoms with van der Waals surface area (Å²) in [4.78, 5) is 11.2. The molecule has 1 amide bonds. The predicted molar refractivity (Wildman–Crippen MR) is 78.0 cm³/mol. The minimum Gasteiger partial charge on any atom is -0.396 e. The van der Waals surface area contributed by atoms with Crippen LogP contribution in [-0.2, 0) is 6.42 Å². The van der Waals surface area contributed by atoms with E-state index in [1.165, 1.54) is 12.1 Å². The molecule has 0 saturated heterocycles. The number of hydrogen-bond acceptors (Lipinski definition) is 3. The normalized spacial score (nSPS) is 10.2. The van der Waals surface area contributed by atoms with Gasteiger partial charge in [-0.15, -0.1) is 0 Å². The number of rotatable bonds is 5. The number of carbonyl (C=O) groups excluding carboxylic acids is 1. The molecule has 0 atom stereocenters. The molecule has 4 nitrogen and oxygen atoms in total. The molecule has 5 N–H and O–H groups in total. The Morgan fingerprint density at radius 2 is 1.85 bits per heavy atom. The lowest BCUT2D eigenvalue weighted by Gasteiger charge is -2.11. The van der Waals surface area contributed by atoms with Crippen LogP contribution < -0.4 is 16.8 Å². The van der Waals surface area contributed by atoms with Crippen LogP contribution in [0.2, 0.25) is 0 Å². The molecule has 0 aliphatic rings. The monoisotopic (exact) mass is 273 g/mol. The topological polar surface area (TPSA) is 81.1 Å². The molecule has 0 aromatic heterocycles. The van der Waals surface area contributed by atoms with Gasteiger partial charge in [0.15, 0.2) is 0 Å². The van der Waals surface area contributed by atoms with E-state index in [0.717, 1.165) is 12.0 Å². The highest BCUT2D eigenvalue weighted by Crippen LogP contribution is 2.22. The van der Waals surface area contributed by atoms with Crippen molar-refractivity contribution in [1.82, 2.24) is 0 Å². The van der Waals surface area contributed by atoms with Crippen LogP contribution in [0.15, 0.2) is 42.5 Å². The number of para-hydroxylation sites is 1. The number of amides is 1. The van der Waals surface area contributed by atoms with Crippen LogP contribution in [0.4, 0.5) is 15.8 Å². The Balaban J connectivity index is 1.99. The zero-order valence-corrected chi connectivity index (χ0v) is 10.9. The van der Waals surface area contributed by atoms with Crippen molar-refractivity contribution in [1.29, 1.82) is 0 Å². The highest BCUT2D eigenvalue weighted by molar-refractivity contribution is 6.00. The summed E-state index contributed by atoms with van der Waals surface area (Å²) in [5, 5.41) is 3.14. The first-order valence-corrected chi connectivity index (χ1v) is 6.24. The van der Waals surface area contributed by atoms with E-state index in [1.807, 2.05) is 0 Å². The Morgan fingerprint density at radius 3 is 2.50 bits per heavy atom. The van der Waals surface area contributed by atoms with E-state index in [1.54, 1.807) is 30.3 Å². The molecule has 0 aliphatic heterocycles. The van der Waals surface area contributed by atoms with Gasteiger partial charge in [-0.05, 0) is 36.2 Å². The van der Waals surface area contributed by atoms with Crippen molar-refractivity contribution in [3.05, 3.63) is 59.4 Å². The summed E-state index contributed by atoms with van der Waals surface area (Å²) in [5.41, 5.74) is 13.4. The molecule has 20 heavy (non-hydrogen) atoms. The van der Waals surface area contributed by atoms with Crippen LogP contribution >= 0.6 is 0 Å². The Bertz CT molecular complexity index is 611. The van der Waals surface area contributed by atoms with E-state index >= 15 is 0 Å². The molecule has 0 bridgehead atoms. The fraction of sp³-hybridized carbons (Fsp3) is 0.133. The molecule has 5 heteroatoms. The fourth-order valence-electron chi connectivity index (χ4n) is 1.93. The number of benzene rings is 2. The van der Waals surface area contributed by atoms with E-state index in [0.29, 0.717) is 23.5 Å². The lowest BCUT2D eigenvalue weighted by atomic mass is 10.1. The highest BCUT2D eigenvalue weighted by atomic mass is 19.1. The first-order chi connectivity index (χ1) is 9.58. The van der Waals surface area contributed by atoms with E-state index in [4.69, 9.17) is 11.5 Å². The summed E-state index contributed by atoms with van der Waals surface area (Å²) in [6.07, 6.45) is 0.723. The van der Waals surface area contributed by atoms with E-state index in [2.05, 4.69) is 5.32 Å². The Morgan fingerprint density at radius 1 is 1.15 bits per heavy atom. The molecule has 0 saturated carbocycles. The van der Waals surface area contributed by atoms with Crippen molar-refractivity contribution in [2.24, 2.45) is 5.73 Å². The van der Waals surface area contributed by atoms with Crippen LogP contribution in [0, 0.1) is 5.82 Å². The molecule has 0 radical (unpaired) electrons. The number of anilines is 2. The van der Waals surface area contributed by atoms with Crippen LogP contribution in [0.5, 0.6) is 0 Å². The van der Waals surface area contributed by atoms with Crippen molar-refractivity contribution in [3.8, 4) is 0 Å². The number of halogens is 1. The Labute approximate surface area is 116 Å². The number of hydrogen-bond donors (Lipinski definition) is 3. The molecular formula is C15H16FN3O. The standard InChI is InChI=1S/C15H16FN3O/c16-11-6-4-10(5-7-11)8-9-19-13-3-1-2-12(14(13)17)15(18)20/h1-7,19H,8-9,17H2,(H2,18,20). The maximum atomic E-state index is 12.8. The molecule has 0 aliphatic carbocycles. The SMILES string of the molecule is NC(=O)c1cccc(NCCc2ccc(F)cc2)c1N. The van der Waals surface area contributed by atoms with Crippen LogP contribution in [0.3, 0.4) is 0 Å². The van der Waals surface area contributed by atoms with Gasteiger partial charge < -0.3 is 16.8 Å². The Kier molecular flexibility index (Phi) is 4.20. The second-order valence-electron chi connectivity index (χ2n) is 4.43. The molecule has 0 fully saturated rings. The first-order valence-electron chi connectivity index (χ1n) is 6.24. The van der Waals surface area contributed by atoms with Crippen LogP contribution in [0.1, 0.15) is 15.9 Å². The van der Waals surface area contributed by atoms with Gasteiger partial charge >= 0.3 is 0 Å². The molecule has 0 spiro atoms. The third-order valence-corrected chi connectivity index (χ3v) is 3.01. The highest BCUT2D eigenvalue weighted by Gasteiger charge is 2.08. The van der Waals surface area contributed by atoms with Gasteiger partial charge in [0.2, 0.25) is 0 Å².